The number of fused-ring (bicyclic) bond motifs is 2. The maximum Gasteiger partial charge on any atom is 0.223 e. The smallest absolute Gasteiger partial charge is 0.223 e. The van der Waals surface area contributed by atoms with Gasteiger partial charge in [0.15, 0.2) is 0 Å². The number of amides is 1. The molecule has 3 unspecified atom stereocenters. The number of hydrazine groups is 1. The molecule has 1 saturated carbocycles. The van der Waals surface area contributed by atoms with Gasteiger partial charge in [-0.05, 0) is 36.8 Å². The van der Waals surface area contributed by atoms with Gasteiger partial charge in [-0.15, -0.1) is 0 Å². The van der Waals surface area contributed by atoms with Gasteiger partial charge in [-0.1, -0.05) is 30.7 Å². The zero-order valence-electron chi connectivity index (χ0n) is 15.0. The van der Waals surface area contributed by atoms with Crippen LogP contribution in [-0.4, -0.2) is 43.0 Å². The van der Waals surface area contributed by atoms with E-state index in [-0.39, 0.29) is 11.8 Å². The van der Waals surface area contributed by atoms with Gasteiger partial charge in [0.25, 0.3) is 0 Å². The topological polar surface area (TPSA) is 56.4 Å². The molecule has 0 radical (unpaired) electrons. The Balaban J connectivity index is 1.19. The molecule has 1 saturated heterocycles. The number of carbonyl (C=O) groups excluding carboxylic acids is 1. The lowest BCUT2D eigenvalue weighted by Crippen LogP contribution is -2.44. The third-order valence-corrected chi connectivity index (χ3v) is 6.19. The second-order valence-corrected chi connectivity index (χ2v) is 7.77. The predicted molar refractivity (Wildman–Crippen MR) is 98.8 cm³/mol. The zero-order valence-corrected chi connectivity index (χ0v) is 15.0. The molecule has 3 atom stereocenters. The Morgan fingerprint density at radius 3 is 3.04 bits per heavy atom. The second kappa shape index (κ2) is 7.85. The molecule has 5 heteroatoms. The third-order valence-electron chi connectivity index (χ3n) is 6.19. The molecule has 1 aromatic rings. The Kier molecular flexibility index (Phi) is 5.34. The van der Waals surface area contributed by atoms with E-state index < -0.39 is 0 Å². The molecular formula is C20H30N4O. The van der Waals surface area contributed by atoms with E-state index in [1.807, 2.05) is 0 Å². The first-order valence-corrected chi connectivity index (χ1v) is 9.86. The average Bonchev–Trinajstić information content (AvgIpc) is 3.13. The summed E-state index contributed by atoms with van der Waals surface area (Å²) < 4.78 is 0. The van der Waals surface area contributed by atoms with Crippen molar-refractivity contribution in [2.75, 3.05) is 26.2 Å². The molecule has 2 fully saturated rings. The first kappa shape index (κ1) is 17.0. The first-order chi connectivity index (χ1) is 12.3. The van der Waals surface area contributed by atoms with Crippen molar-refractivity contribution in [1.82, 2.24) is 21.1 Å². The van der Waals surface area contributed by atoms with E-state index in [1.165, 1.54) is 17.5 Å². The lowest BCUT2D eigenvalue weighted by atomic mass is 9.76. The largest absolute Gasteiger partial charge is 0.356 e. The summed E-state index contributed by atoms with van der Waals surface area (Å²) >= 11 is 0. The van der Waals surface area contributed by atoms with Gasteiger partial charge in [-0.3, -0.25) is 20.5 Å². The highest BCUT2D eigenvalue weighted by atomic mass is 16.1. The highest BCUT2D eigenvalue weighted by Gasteiger charge is 2.39. The minimum Gasteiger partial charge on any atom is -0.356 e. The van der Waals surface area contributed by atoms with Crippen LogP contribution in [0, 0.1) is 11.8 Å². The fourth-order valence-electron chi connectivity index (χ4n) is 4.75. The van der Waals surface area contributed by atoms with E-state index in [1.54, 1.807) is 0 Å². The van der Waals surface area contributed by atoms with Gasteiger partial charge in [-0.2, -0.15) is 0 Å². The van der Waals surface area contributed by atoms with E-state index in [0.29, 0.717) is 12.0 Å². The summed E-state index contributed by atoms with van der Waals surface area (Å²) in [7, 11) is 0. The van der Waals surface area contributed by atoms with Crippen LogP contribution >= 0.6 is 0 Å². The lowest BCUT2D eigenvalue weighted by Gasteiger charge is -2.32. The van der Waals surface area contributed by atoms with E-state index >= 15 is 0 Å². The summed E-state index contributed by atoms with van der Waals surface area (Å²) in [6.45, 7) is 4.97. The van der Waals surface area contributed by atoms with Crippen molar-refractivity contribution in [3.8, 4) is 0 Å². The van der Waals surface area contributed by atoms with E-state index in [9.17, 15) is 4.79 Å². The molecule has 0 spiro atoms. The van der Waals surface area contributed by atoms with Crippen molar-refractivity contribution < 1.29 is 4.79 Å². The summed E-state index contributed by atoms with van der Waals surface area (Å²) in [5.74, 6) is 0.916. The van der Waals surface area contributed by atoms with Crippen LogP contribution in [0.1, 0.15) is 36.8 Å². The molecule has 5 nitrogen and oxygen atoms in total. The van der Waals surface area contributed by atoms with Crippen LogP contribution in [0.2, 0.25) is 0 Å². The van der Waals surface area contributed by atoms with Crippen molar-refractivity contribution in [3.63, 3.8) is 0 Å². The fraction of sp³-hybridized carbons (Fsp3) is 0.650. The predicted octanol–water partition coefficient (Wildman–Crippen LogP) is 1.44. The monoisotopic (exact) mass is 342 g/mol. The fourth-order valence-corrected chi connectivity index (χ4v) is 4.75. The van der Waals surface area contributed by atoms with Gasteiger partial charge >= 0.3 is 0 Å². The first-order valence-electron chi connectivity index (χ1n) is 9.86. The van der Waals surface area contributed by atoms with Crippen LogP contribution in [0.4, 0.5) is 0 Å². The molecule has 3 N–H and O–H groups in total. The average molecular weight is 342 g/mol. The summed E-state index contributed by atoms with van der Waals surface area (Å²) in [4.78, 5) is 15.1. The third kappa shape index (κ3) is 3.89. The van der Waals surface area contributed by atoms with Crippen molar-refractivity contribution in [1.29, 1.82) is 0 Å². The Morgan fingerprint density at radius 2 is 2.12 bits per heavy atom. The van der Waals surface area contributed by atoms with Gasteiger partial charge in [0.2, 0.25) is 5.91 Å². The molecular weight excluding hydrogens is 312 g/mol. The molecule has 0 aromatic heterocycles. The second-order valence-electron chi connectivity index (χ2n) is 7.77. The van der Waals surface area contributed by atoms with E-state index in [4.69, 9.17) is 0 Å². The Bertz CT molecular complexity index is 605. The number of carbonyl (C=O) groups is 1. The number of rotatable bonds is 5. The molecule has 0 bridgehead atoms. The number of nitrogens with one attached hydrogen (secondary N) is 3. The number of hydrogen-bond donors (Lipinski definition) is 3. The Hall–Kier alpha value is -1.43. The van der Waals surface area contributed by atoms with Gasteiger partial charge in [0.05, 0.1) is 0 Å². The van der Waals surface area contributed by atoms with Gasteiger partial charge in [0.1, 0.15) is 0 Å². The Morgan fingerprint density at radius 1 is 1.24 bits per heavy atom. The highest BCUT2D eigenvalue weighted by Crippen LogP contribution is 2.32. The van der Waals surface area contributed by atoms with Crippen molar-refractivity contribution in [3.05, 3.63) is 35.4 Å². The Labute approximate surface area is 150 Å². The minimum atomic E-state index is 0.183. The van der Waals surface area contributed by atoms with Gasteiger partial charge in [0, 0.05) is 50.6 Å². The highest BCUT2D eigenvalue weighted by molar-refractivity contribution is 5.79. The summed E-state index contributed by atoms with van der Waals surface area (Å²) in [5.41, 5.74) is 9.52. The summed E-state index contributed by atoms with van der Waals surface area (Å²) in [5, 5.41) is 3.20. The molecule has 2 aliphatic heterocycles. The molecule has 136 valence electrons. The van der Waals surface area contributed by atoms with Crippen molar-refractivity contribution >= 4 is 5.91 Å². The molecule has 2 heterocycles. The molecule has 3 aliphatic rings. The standard InChI is InChI=1S/C20H30N4O/c25-20(17-7-3-8-19-18(17)13-22-23-19)21-10-4-11-24-12-9-15-5-1-2-6-16(15)14-24/h1-2,5-6,17-19,22-23H,3-4,7-14H2,(H,21,25). The molecule has 4 rings (SSSR count). The zero-order chi connectivity index (χ0) is 17.1. The lowest BCUT2D eigenvalue weighted by molar-refractivity contribution is -0.127. The molecule has 25 heavy (non-hydrogen) atoms. The van der Waals surface area contributed by atoms with E-state index in [2.05, 4.69) is 45.3 Å². The quantitative estimate of drug-likeness (QED) is 0.709. The van der Waals surface area contributed by atoms with Crippen LogP contribution < -0.4 is 16.2 Å². The van der Waals surface area contributed by atoms with Crippen LogP contribution in [-0.2, 0) is 17.8 Å². The number of nitrogens with zero attached hydrogens (tertiary/aromatic N) is 1. The molecule has 1 aliphatic carbocycles. The van der Waals surface area contributed by atoms with Crippen molar-refractivity contribution in [2.24, 2.45) is 11.8 Å². The molecule has 1 amide bonds. The van der Waals surface area contributed by atoms with E-state index in [0.717, 1.165) is 58.4 Å². The van der Waals surface area contributed by atoms with Gasteiger partial charge in [-0.25, -0.2) is 0 Å². The van der Waals surface area contributed by atoms with Crippen LogP contribution in [0.25, 0.3) is 0 Å². The normalized spacial score (nSPS) is 29.0. The minimum absolute atomic E-state index is 0.183. The maximum absolute atomic E-state index is 12.6. The summed E-state index contributed by atoms with van der Waals surface area (Å²) in [6, 6.07) is 9.24. The number of hydrogen-bond acceptors (Lipinski definition) is 4. The summed E-state index contributed by atoms with van der Waals surface area (Å²) in [6.07, 6.45) is 5.57. The van der Waals surface area contributed by atoms with Crippen LogP contribution in [0.15, 0.2) is 24.3 Å². The maximum atomic E-state index is 12.6. The van der Waals surface area contributed by atoms with Crippen LogP contribution in [0.3, 0.4) is 0 Å². The SMILES string of the molecule is O=C(NCCCN1CCc2ccccc2C1)C1CCCC2NNCC21. The van der Waals surface area contributed by atoms with Gasteiger partial charge < -0.3 is 5.32 Å². The van der Waals surface area contributed by atoms with Crippen LogP contribution in [0.5, 0.6) is 0 Å². The number of benzene rings is 1. The van der Waals surface area contributed by atoms with Crippen molar-refractivity contribution in [2.45, 2.75) is 44.7 Å². The molecule has 1 aromatic carbocycles.